The fraction of sp³-hybridized carbons (Fsp3) is 0.118. The molecule has 128 valence electrons. The molecule has 1 aromatic heterocycles. The molecule has 3 N–H and O–H groups in total. The monoisotopic (exact) mass is 376 g/mol. The molecule has 6 nitrogen and oxygen atoms in total. The van der Waals surface area contributed by atoms with E-state index < -0.39 is 5.91 Å². The molecule has 0 aliphatic rings. The molecule has 3 aromatic rings. The predicted octanol–water partition coefficient (Wildman–Crippen LogP) is 2.28. The van der Waals surface area contributed by atoms with Crippen LogP contribution in [0.5, 0.6) is 0 Å². The number of benzene rings is 2. The lowest BCUT2D eigenvalue weighted by Crippen LogP contribution is -2.37. The average molecular weight is 377 g/mol. The fourth-order valence-corrected chi connectivity index (χ4v) is 2.85. The highest BCUT2D eigenvalue weighted by atomic mass is 35.5. The molecule has 0 fully saturated rings. The average Bonchev–Trinajstić information content (AvgIpc) is 2.61. The van der Waals surface area contributed by atoms with Crippen molar-refractivity contribution in [3.63, 3.8) is 0 Å². The van der Waals surface area contributed by atoms with Crippen molar-refractivity contribution in [3.8, 4) is 0 Å². The maximum absolute atomic E-state index is 12.8. The first-order valence-corrected chi connectivity index (χ1v) is 8.17. The molecule has 0 aliphatic heterocycles. The van der Waals surface area contributed by atoms with Gasteiger partial charge in [0, 0.05) is 6.42 Å². The number of amides is 1. The summed E-state index contributed by atoms with van der Waals surface area (Å²) in [6.07, 6.45) is 0.314. The van der Waals surface area contributed by atoms with Crippen LogP contribution in [0, 0.1) is 0 Å². The molecule has 0 saturated heterocycles. The molecule has 0 unspecified atom stereocenters. The van der Waals surface area contributed by atoms with Gasteiger partial charge in [-0.3, -0.25) is 19.6 Å². The Labute approximate surface area is 153 Å². The third-order valence-electron chi connectivity index (χ3n) is 3.75. The maximum atomic E-state index is 12.8. The molecule has 0 saturated carbocycles. The number of rotatable bonds is 4. The molecular weight excluding hydrogens is 363 g/mol. The lowest BCUT2D eigenvalue weighted by atomic mass is 10.1. The van der Waals surface area contributed by atoms with E-state index in [0.29, 0.717) is 33.2 Å². The summed E-state index contributed by atoms with van der Waals surface area (Å²) in [5.41, 5.74) is 3.11. The second kappa shape index (κ2) is 7.23. The topological polar surface area (TPSA) is 90.0 Å². The van der Waals surface area contributed by atoms with Crippen molar-refractivity contribution < 1.29 is 4.79 Å². The Kier molecular flexibility index (Phi) is 5.03. The van der Waals surface area contributed by atoms with Gasteiger partial charge in [-0.25, -0.2) is 10.8 Å². The van der Waals surface area contributed by atoms with Crippen LogP contribution in [-0.4, -0.2) is 15.5 Å². The van der Waals surface area contributed by atoms with Crippen molar-refractivity contribution >= 4 is 40.0 Å². The molecule has 25 heavy (non-hydrogen) atoms. The number of aromatic nitrogens is 2. The maximum Gasteiger partial charge on any atom is 0.261 e. The van der Waals surface area contributed by atoms with Crippen LogP contribution in [0.15, 0.2) is 47.3 Å². The van der Waals surface area contributed by atoms with Gasteiger partial charge in [-0.1, -0.05) is 41.4 Å². The number of carbonyl (C=O) groups is 1. The standard InChI is InChI=1S/C17H14Cl2N4O2/c18-12-6-5-10(7-13(12)19)8-15-21-14-4-2-1-3-11(14)17(25)23(15)9-16(24)22-20/h1-7H,8-9,20H2,(H,22,24). The Bertz CT molecular complexity index is 1020. The Hall–Kier alpha value is -2.41. The third-order valence-corrected chi connectivity index (χ3v) is 4.49. The van der Waals surface area contributed by atoms with E-state index in [2.05, 4.69) is 4.98 Å². The quantitative estimate of drug-likeness (QED) is 0.415. The van der Waals surface area contributed by atoms with E-state index in [1.54, 1.807) is 42.5 Å². The summed E-state index contributed by atoms with van der Waals surface area (Å²) in [5.74, 6) is 5.10. The number of hydrazine groups is 1. The number of nitrogens with zero attached hydrogens (tertiary/aromatic N) is 2. The smallest absolute Gasteiger partial charge is 0.261 e. The van der Waals surface area contributed by atoms with Gasteiger partial charge in [0.1, 0.15) is 12.4 Å². The number of nitrogens with one attached hydrogen (secondary N) is 1. The lowest BCUT2D eigenvalue weighted by Gasteiger charge is -2.13. The minimum atomic E-state index is -0.491. The van der Waals surface area contributed by atoms with Crippen LogP contribution < -0.4 is 16.8 Å². The number of hydrogen-bond acceptors (Lipinski definition) is 4. The number of hydrogen-bond donors (Lipinski definition) is 2. The number of fused-ring (bicyclic) bond motifs is 1. The zero-order valence-electron chi connectivity index (χ0n) is 13.0. The highest BCUT2D eigenvalue weighted by Gasteiger charge is 2.14. The van der Waals surface area contributed by atoms with Gasteiger partial charge in [0.05, 0.1) is 20.9 Å². The van der Waals surface area contributed by atoms with Gasteiger partial charge < -0.3 is 0 Å². The van der Waals surface area contributed by atoms with Gasteiger partial charge in [-0.05, 0) is 29.8 Å². The molecule has 0 atom stereocenters. The number of nitrogens with two attached hydrogens (primary N) is 1. The van der Waals surface area contributed by atoms with Gasteiger partial charge in [0.15, 0.2) is 0 Å². The molecule has 8 heteroatoms. The highest BCUT2D eigenvalue weighted by Crippen LogP contribution is 2.23. The molecule has 0 aliphatic carbocycles. The second-order valence-electron chi connectivity index (χ2n) is 5.43. The zero-order valence-corrected chi connectivity index (χ0v) is 14.5. The molecule has 1 amide bonds. The normalized spacial score (nSPS) is 10.8. The van der Waals surface area contributed by atoms with Crippen LogP contribution in [0.2, 0.25) is 10.0 Å². The van der Waals surface area contributed by atoms with Crippen LogP contribution in [-0.2, 0) is 17.8 Å². The SMILES string of the molecule is NNC(=O)Cn1c(Cc2ccc(Cl)c(Cl)c2)nc2ccccc2c1=O. The Morgan fingerprint density at radius 2 is 1.92 bits per heavy atom. The van der Waals surface area contributed by atoms with Crippen LogP contribution >= 0.6 is 23.2 Å². The van der Waals surface area contributed by atoms with Crippen molar-refractivity contribution in [2.24, 2.45) is 5.84 Å². The first-order valence-electron chi connectivity index (χ1n) is 7.41. The summed E-state index contributed by atoms with van der Waals surface area (Å²) in [7, 11) is 0. The summed E-state index contributed by atoms with van der Waals surface area (Å²) >= 11 is 12.0. The zero-order chi connectivity index (χ0) is 18.0. The summed E-state index contributed by atoms with van der Waals surface area (Å²) in [6.45, 7) is -0.218. The van der Waals surface area contributed by atoms with Crippen molar-refractivity contribution in [1.82, 2.24) is 15.0 Å². The molecular formula is C17H14Cl2N4O2. The van der Waals surface area contributed by atoms with E-state index in [1.165, 1.54) is 4.57 Å². The van der Waals surface area contributed by atoms with Crippen LogP contribution in [0.4, 0.5) is 0 Å². The number of halogens is 2. The van der Waals surface area contributed by atoms with Crippen molar-refractivity contribution in [2.75, 3.05) is 0 Å². The van der Waals surface area contributed by atoms with Gasteiger partial charge >= 0.3 is 0 Å². The summed E-state index contributed by atoms with van der Waals surface area (Å²) in [5, 5.41) is 1.29. The first-order chi connectivity index (χ1) is 12.0. The van der Waals surface area contributed by atoms with E-state index >= 15 is 0 Å². The van der Waals surface area contributed by atoms with Crippen molar-refractivity contribution in [2.45, 2.75) is 13.0 Å². The number of carbonyl (C=O) groups excluding carboxylic acids is 1. The van der Waals surface area contributed by atoms with Crippen LogP contribution in [0.25, 0.3) is 10.9 Å². The summed E-state index contributed by atoms with van der Waals surface area (Å²) < 4.78 is 1.31. The molecule has 0 spiro atoms. The van der Waals surface area contributed by atoms with E-state index in [1.807, 2.05) is 5.43 Å². The number of para-hydroxylation sites is 1. The third kappa shape index (κ3) is 3.66. The van der Waals surface area contributed by atoms with Crippen molar-refractivity contribution in [3.05, 3.63) is 74.3 Å². The van der Waals surface area contributed by atoms with Gasteiger partial charge in [0.2, 0.25) is 0 Å². The van der Waals surface area contributed by atoms with E-state index in [9.17, 15) is 9.59 Å². The molecule has 0 radical (unpaired) electrons. The Morgan fingerprint density at radius 1 is 1.16 bits per heavy atom. The molecule has 1 heterocycles. The van der Waals surface area contributed by atoms with E-state index in [4.69, 9.17) is 29.0 Å². The van der Waals surface area contributed by atoms with Gasteiger partial charge in [0.25, 0.3) is 11.5 Å². The minimum Gasteiger partial charge on any atom is -0.293 e. The molecule has 0 bridgehead atoms. The van der Waals surface area contributed by atoms with Gasteiger partial charge in [-0.2, -0.15) is 0 Å². The summed E-state index contributed by atoms with van der Waals surface area (Å²) in [6, 6.07) is 12.1. The fourth-order valence-electron chi connectivity index (χ4n) is 2.53. The van der Waals surface area contributed by atoms with Crippen LogP contribution in [0.1, 0.15) is 11.4 Å². The van der Waals surface area contributed by atoms with Crippen molar-refractivity contribution in [1.29, 1.82) is 0 Å². The second-order valence-corrected chi connectivity index (χ2v) is 6.24. The minimum absolute atomic E-state index is 0.218. The molecule has 2 aromatic carbocycles. The van der Waals surface area contributed by atoms with Crippen LogP contribution in [0.3, 0.4) is 0 Å². The van der Waals surface area contributed by atoms with E-state index in [0.717, 1.165) is 5.56 Å². The Balaban J connectivity index is 2.13. The first kappa shape index (κ1) is 17.4. The Morgan fingerprint density at radius 3 is 2.64 bits per heavy atom. The molecule has 3 rings (SSSR count). The summed E-state index contributed by atoms with van der Waals surface area (Å²) in [4.78, 5) is 29.0. The largest absolute Gasteiger partial charge is 0.293 e. The predicted molar refractivity (Wildman–Crippen MR) is 97.6 cm³/mol. The highest BCUT2D eigenvalue weighted by molar-refractivity contribution is 6.42. The lowest BCUT2D eigenvalue weighted by molar-refractivity contribution is -0.121. The van der Waals surface area contributed by atoms with E-state index in [-0.39, 0.29) is 12.1 Å². The van der Waals surface area contributed by atoms with Gasteiger partial charge in [-0.15, -0.1) is 0 Å².